The highest BCUT2D eigenvalue weighted by molar-refractivity contribution is 5.94. The van der Waals surface area contributed by atoms with E-state index < -0.39 is 11.7 Å². The molecular weight excluding hydrogens is 553 g/mol. The summed E-state index contributed by atoms with van der Waals surface area (Å²) in [4.78, 5) is 22.2. The summed E-state index contributed by atoms with van der Waals surface area (Å²) in [6.07, 6.45) is -2.57. The van der Waals surface area contributed by atoms with Gasteiger partial charge in [0.05, 0.1) is 24.1 Å². The van der Waals surface area contributed by atoms with Crippen LogP contribution in [0.4, 0.5) is 13.2 Å². The van der Waals surface area contributed by atoms with Crippen molar-refractivity contribution in [3.8, 4) is 28.1 Å². The van der Waals surface area contributed by atoms with Gasteiger partial charge in [-0.3, -0.25) is 9.69 Å². The smallest absolute Gasteiger partial charge is 0.416 e. The maximum atomic E-state index is 13.4. The summed E-state index contributed by atoms with van der Waals surface area (Å²) in [7, 11) is 1.61. The van der Waals surface area contributed by atoms with Gasteiger partial charge in [-0.05, 0) is 66.6 Å². The molecule has 0 aliphatic carbocycles. The Morgan fingerprint density at radius 1 is 0.860 bits per heavy atom. The number of hydrogen-bond acceptors (Lipinski definition) is 4. The molecule has 6 nitrogen and oxygen atoms in total. The van der Waals surface area contributed by atoms with Crippen molar-refractivity contribution in [1.82, 2.24) is 19.2 Å². The fraction of sp³-hybridized carbons (Fsp3) is 0.235. The number of imidazole rings is 1. The first-order valence-corrected chi connectivity index (χ1v) is 14.1. The highest BCUT2D eigenvalue weighted by Gasteiger charge is 2.30. The lowest BCUT2D eigenvalue weighted by Crippen LogP contribution is -2.48. The molecule has 1 aliphatic heterocycles. The van der Waals surface area contributed by atoms with E-state index in [0.717, 1.165) is 28.6 Å². The quantitative estimate of drug-likeness (QED) is 0.217. The van der Waals surface area contributed by atoms with E-state index in [2.05, 4.69) is 4.90 Å². The maximum Gasteiger partial charge on any atom is 0.416 e. The summed E-state index contributed by atoms with van der Waals surface area (Å²) < 4.78 is 47.8. The van der Waals surface area contributed by atoms with Crippen LogP contribution in [0.15, 0.2) is 91.1 Å². The van der Waals surface area contributed by atoms with Gasteiger partial charge in [0.15, 0.2) is 0 Å². The van der Waals surface area contributed by atoms with Gasteiger partial charge < -0.3 is 14.0 Å². The normalized spacial score (nSPS) is 14.3. The molecule has 1 amide bonds. The molecule has 6 rings (SSSR count). The van der Waals surface area contributed by atoms with Crippen LogP contribution in [0, 0.1) is 6.92 Å². The molecule has 43 heavy (non-hydrogen) atoms. The average Bonchev–Trinajstić information content (AvgIpc) is 3.38. The predicted octanol–water partition coefficient (Wildman–Crippen LogP) is 6.96. The summed E-state index contributed by atoms with van der Waals surface area (Å²) in [6.45, 7) is 5.08. The minimum absolute atomic E-state index is 0.0252. The molecule has 9 heteroatoms. The zero-order valence-electron chi connectivity index (χ0n) is 23.9. The second kappa shape index (κ2) is 11.6. The van der Waals surface area contributed by atoms with Crippen LogP contribution in [-0.2, 0) is 12.7 Å². The Bertz CT molecular complexity index is 1770. The highest BCUT2D eigenvalue weighted by Crippen LogP contribution is 2.34. The zero-order valence-corrected chi connectivity index (χ0v) is 23.9. The van der Waals surface area contributed by atoms with Gasteiger partial charge in [-0.1, -0.05) is 42.0 Å². The molecule has 3 heterocycles. The number of rotatable bonds is 6. The van der Waals surface area contributed by atoms with Gasteiger partial charge >= 0.3 is 6.18 Å². The highest BCUT2D eigenvalue weighted by atomic mass is 19.4. The molecule has 0 atom stereocenters. The first-order chi connectivity index (χ1) is 20.7. The first-order valence-electron chi connectivity index (χ1n) is 14.1. The standard InChI is InChI=1S/C34H31F3N4O2/c1-23-9-11-24(12-10-23)33(42)40-17-15-39(16-18-40)22-30-32(26-6-4-8-29(20-26)43-2)38-31-14-13-27(21-41(30)31)25-5-3-7-28(19-25)34(35,36)37/h3-14,19-21H,15-18,22H2,1-2H3. The monoisotopic (exact) mass is 584 g/mol. The lowest BCUT2D eigenvalue weighted by atomic mass is 10.0. The number of carbonyl (C=O) groups is 1. The van der Waals surface area contributed by atoms with E-state index in [0.29, 0.717) is 60.8 Å². The molecule has 1 fully saturated rings. The third-order valence-corrected chi connectivity index (χ3v) is 7.92. The Hall–Kier alpha value is -4.63. The zero-order chi connectivity index (χ0) is 30.1. The van der Waals surface area contributed by atoms with Crippen LogP contribution < -0.4 is 4.74 Å². The SMILES string of the molecule is COc1cccc(-c2nc3ccc(-c4cccc(C(F)(F)F)c4)cn3c2CN2CCN(C(=O)c3ccc(C)cc3)CC2)c1. The summed E-state index contributed by atoms with van der Waals surface area (Å²) in [5.41, 5.74) is 5.49. The third kappa shape index (κ3) is 5.99. The minimum atomic E-state index is -4.43. The molecular formula is C34H31F3N4O2. The molecule has 1 aliphatic rings. The van der Waals surface area contributed by atoms with Gasteiger partial charge in [-0.15, -0.1) is 0 Å². The fourth-order valence-electron chi connectivity index (χ4n) is 5.49. The summed E-state index contributed by atoms with van der Waals surface area (Å²) in [6, 6.07) is 24.3. The number of aromatic nitrogens is 2. The number of methoxy groups -OCH3 is 1. The molecule has 0 spiro atoms. The van der Waals surface area contributed by atoms with Gasteiger partial charge in [-0.2, -0.15) is 13.2 Å². The van der Waals surface area contributed by atoms with Crippen LogP contribution in [0.25, 0.3) is 28.0 Å². The van der Waals surface area contributed by atoms with Crippen LogP contribution >= 0.6 is 0 Å². The average molecular weight is 585 g/mol. The fourth-order valence-corrected chi connectivity index (χ4v) is 5.49. The number of piperazine rings is 1. The molecule has 0 bridgehead atoms. The number of fused-ring (bicyclic) bond motifs is 1. The van der Waals surface area contributed by atoms with Gasteiger partial charge in [-0.25, -0.2) is 4.98 Å². The number of alkyl halides is 3. The maximum absolute atomic E-state index is 13.4. The van der Waals surface area contributed by atoms with Gasteiger partial charge in [0.25, 0.3) is 5.91 Å². The number of benzene rings is 3. The van der Waals surface area contributed by atoms with Crippen LogP contribution in [0.5, 0.6) is 5.75 Å². The second-order valence-electron chi connectivity index (χ2n) is 10.8. The summed E-state index contributed by atoms with van der Waals surface area (Å²) >= 11 is 0. The minimum Gasteiger partial charge on any atom is -0.497 e. The first kappa shape index (κ1) is 28.5. The van der Waals surface area contributed by atoms with Crippen LogP contribution in [0.1, 0.15) is 27.2 Å². The van der Waals surface area contributed by atoms with E-state index in [4.69, 9.17) is 9.72 Å². The van der Waals surface area contributed by atoms with Crippen molar-refractivity contribution in [2.75, 3.05) is 33.3 Å². The molecule has 0 saturated carbocycles. The van der Waals surface area contributed by atoms with Crippen molar-refractivity contribution in [3.05, 3.63) is 114 Å². The Balaban J connectivity index is 1.32. The number of ether oxygens (including phenoxy) is 1. The molecule has 2 aromatic heterocycles. The Labute approximate surface area is 248 Å². The molecule has 0 radical (unpaired) electrons. The number of halogens is 3. The van der Waals surface area contributed by atoms with E-state index in [-0.39, 0.29) is 5.91 Å². The van der Waals surface area contributed by atoms with Crippen molar-refractivity contribution in [1.29, 1.82) is 0 Å². The van der Waals surface area contributed by atoms with E-state index in [1.807, 2.05) is 77.0 Å². The molecule has 0 N–H and O–H groups in total. The Morgan fingerprint density at radius 3 is 2.30 bits per heavy atom. The number of nitrogens with zero attached hydrogens (tertiary/aromatic N) is 4. The van der Waals surface area contributed by atoms with Crippen molar-refractivity contribution in [2.24, 2.45) is 0 Å². The van der Waals surface area contributed by atoms with Crippen molar-refractivity contribution < 1.29 is 22.7 Å². The van der Waals surface area contributed by atoms with Crippen molar-refractivity contribution >= 4 is 11.6 Å². The van der Waals surface area contributed by atoms with E-state index in [1.165, 1.54) is 12.1 Å². The third-order valence-electron chi connectivity index (χ3n) is 7.92. The largest absolute Gasteiger partial charge is 0.497 e. The second-order valence-corrected chi connectivity index (χ2v) is 10.8. The summed E-state index contributed by atoms with van der Waals surface area (Å²) in [5.74, 6) is 0.727. The Kier molecular flexibility index (Phi) is 7.66. The predicted molar refractivity (Wildman–Crippen MR) is 160 cm³/mol. The van der Waals surface area contributed by atoms with E-state index in [9.17, 15) is 18.0 Å². The Morgan fingerprint density at radius 2 is 1.58 bits per heavy atom. The van der Waals surface area contributed by atoms with E-state index in [1.54, 1.807) is 19.2 Å². The number of carbonyl (C=O) groups excluding carboxylic acids is 1. The number of pyridine rings is 1. The molecule has 220 valence electrons. The van der Waals surface area contributed by atoms with Crippen LogP contribution in [-0.4, -0.2) is 58.4 Å². The molecule has 1 saturated heterocycles. The molecule has 5 aromatic rings. The number of aryl methyl sites for hydroxylation is 1. The van der Waals surface area contributed by atoms with E-state index >= 15 is 0 Å². The van der Waals surface area contributed by atoms with Gasteiger partial charge in [0, 0.05) is 50.0 Å². The van der Waals surface area contributed by atoms with Gasteiger partial charge in [0.1, 0.15) is 11.4 Å². The van der Waals surface area contributed by atoms with Crippen LogP contribution in [0.3, 0.4) is 0 Å². The molecule has 0 unspecified atom stereocenters. The summed E-state index contributed by atoms with van der Waals surface area (Å²) in [5, 5.41) is 0. The topological polar surface area (TPSA) is 50.1 Å². The molecule has 3 aromatic carbocycles. The lowest BCUT2D eigenvalue weighted by Gasteiger charge is -2.34. The van der Waals surface area contributed by atoms with Crippen molar-refractivity contribution in [2.45, 2.75) is 19.6 Å². The van der Waals surface area contributed by atoms with Gasteiger partial charge in [0.2, 0.25) is 0 Å². The van der Waals surface area contributed by atoms with Crippen molar-refractivity contribution in [3.63, 3.8) is 0 Å². The number of hydrogen-bond donors (Lipinski definition) is 0. The van der Waals surface area contributed by atoms with Crippen LogP contribution in [0.2, 0.25) is 0 Å². The lowest BCUT2D eigenvalue weighted by molar-refractivity contribution is -0.137. The number of amides is 1.